The third-order valence-electron chi connectivity index (χ3n) is 2.20. The van der Waals surface area contributed by atoms with Gasteiger partial charge in [0.1, 0.15) is 0 Å². The quantitative estimate of drug-likeness (QED) is 0.833. The molecule has 0 aliphatic carbocycles. The molecule has 17 heavy (non-hydrogen) atoms. The van der Waals surface area contributed by atoms with Gasteiger partial charge in [-0.3, -0.25) is 0 Å². The first-order valence-electron chi connectivity index (χ1n) is 5.14. The maximum absolute atomic E-state index is 11.3. The second-order valence-corrected chi connectivity index (χ2v) is 7.31. The average Bonchev–Trinajstić information content (AvgIpc) is 2.58. The molecule has 1 aromatic rings. The summed E-state index contributed by atoms with van der Waals surface area (Å²) in [7, 11) is -3.66. The van der Waals surface area contributed by atoms with Crippen molar-refractivity contribution in [3.63, 3.8) is 0 Å². The van der Waals surface area contributed by atoms with Gasteiger partial charge in [-0.2, -0.15) is 11.8 Å². The molecule has 1 unspecified atom stereocenters. The third-order valence-corrected chi connectivity index (χ3v) is 5.58. The first-order chi connectivity index (χ1) is 7.88. The highest BCUT2D eigenvalue weighted by Gasteiger charge is 2.18. The molecule has 1 atom stereocenters. The summed E-state index contributed by atoms with van der Waals surface area (Å²) in [6.07, 6.45) is 3.00. The lowest BCUT2D eigenvalue weighted by atomic mass is 10.3. The van der Waals surface area contributed by atoms with E-state index in [0.717, 1.165) is 23.5 Å². The Balaban J connectivity index is 2.87. The summed E-state index contributed by atoms with van der Waals surface area (Å²) in [5.41, 5.74) is 0.457. The number of nitrogens with zero attached hydrogens (tertiary/aromatic N) is 1. The third kappa shape index (κ3) is 4.13. The number of anilines is 1. The summed E-state index contributed by atoms with van der Waals surface area (Å²) in [5, 5.41) is 8.95. The van der Waals surface area contributed by atoms with Crippen LogP contribution in [0.3, 0.4) is 0 Å². The lowest BCUT2D eigenvalue weighted by Gasteiger charge is -2.14. The van der Waals surface area contributed by atoms with Gasteiger partial charge < -0.3 is 5.32 Å². The summed E-state index contributed by atoms with van der Waals surface area (Å²) in [5.74, 6) is 0.958. The van der Waals surface area contributed by atoms with Crippen LogP contribution in [0.15, 0.2) is 4.21 Å². The van der Waals surface area contributed by atoms with Gasteiger partial charge in [0, 0.05) is 11.8 Å². The number of primary sulfonamides is 1. The maximum atomic E-state index is 11.3. The molecular formula is C9H17N3O2S3. The number of aromatic nitrogens is 1. The van der Waals surface area contributed by atoms with Gasteiger partial charge in [-0.1, -0.05) is 18.3 Å². The second kappa shape index (κ2) is 6.03. The predicted molar refractivity (Wildman–Crippen MR) is 74.3 cm³/mol. The first kappa shape index (κ1) is 14.7. The molecular weight excluding hydrogens is 278 g/mol. The second-order valence-electron chi connectivity index (χ2n) is 3.64. The van der Waals surface area contributed by atoms with E-state index in [0.29, 0.717) is 16.9 Å². The number of nitrogens with one attached hydrogen (secondary N) is 1. The number of thioether (sulfide) groups is 1. The molecule has 0 aromatic carbocycles. The molecule has 1 heterocycles. The molecule has 3 N–H and O–H groups in total. The van der Waals surface area contributed by atoms with Crippen molar-refractivity contribution in [1.29, 1.82) is 0 Å². The Hall–Kier alpha value is -0.310. The van der Waals surface area contributed by atoms with Gasteiger partial charge in [-0.05, 0) is 19.6 Å². The highest BCUT2D eigenvalue weighted by Crippen LogP contribution is 2.26. The Morgan fingerprint density at radius 3 is 2.65 bits per heavy atom. The number of hydrogen-bond donors (Lipinski definition) is 2. The van der Waals surface area contributed by atoms with E-state index in [1.165, 1.54) is 0 Å². The molecule has 8 heteroatoms. The van der Waals surface area contributed by atoms with Crippen LogP contribution in [0.2, 0.25) is 0 Å². The van der Waals surface area contributed by atoms with Crippen molar-refractivity contribution >= 4 is 38.3 Å². The van der Waals surface area contributed by atoms with Crippen molar-refractivity contribution in [2.45, 2.75) is 30.5 Å². The van der Waals surface area contributed by atoms with Crippen LogP contribution in [-0.2, 0) is 10.0 Å². The van der Waals surface area contributed by atoms with E-state index in [1.54, 1.807) is 18.7 Å². The van der Waals surface area contributed by atoms with Crippen LogP contribution in [-0.4, -0.2) is 31.5 Å². The van der Waals surface area contributed by atoms with Gasteiger partial charge in [-0.25, -0.2) is 18.5 Å². The zero-order chi connectivity index (χ0) is 13.1. The van der Waals surface area contributed by atoms with Gasteiger partial charge in [0.25, 0.3) is 0 Å². The molecule has 0 bridgehead atoms. The molecule has 0 saturated heterocycles. The summed E-state index contributed by atoms with van der Waals surface area (Å²) in [6.45, 7) is 3.73. The minimum absolute atomic E-state index is 0.138. The van der Waals surface area contributed by atoms with Crippen molar-refractivity contribution in [1.82, 2.24) is 4.98 Å². The number of nitrogens with two attached hydrogens (primary N) is 1. The minimum Gasteiger partial charge on any atom is -0.358 e. The fourth-order valence-corrected chi connectivity index (χ4v) is 4.00. The minimum atomic E-state index is -3.66. The Morgan fingerprint density at radius 2 is 2.24 bits per heavy atom. The van der Waals surface area contributed by atoms with E-state index >= 15 is 0 Å². The lowest BCUT2D eigenvalue weighted by molar-refractivity contribution is 0.599. The van der Waals surface area contributed by atoms with Crippen LogP contribution in [0.25, 0.3) is 0 Å². The van der Waals surface area contributed by atoms with Crippen LogP contribution in [0.4, 0.5) is 5.13 Å². The summed E-state index contributed by atoms with van der Waals surface area (Å²) in [4.78, 5) is 4.19. The fourth-order valence-electron chi connectivity index (χ4n) is 1.35. The zero-order valence-electron chi connectivity index (χ0n) is 10.1. The predicted octanol–water partition coefficient (Wildman–Crippen LogP) is 1.65. The Bertz CT molecular complexity index is 470. The molecule has 0 aliphatic heterocycles. The van der Waals surface area contributed by atoms with Gasteiger partial charge in [0.2, 0.25) is 10.0 Å². The number of thiazole rings is 1. The molecule has 5 nitrogen and oxygen atoms in total. The SMILES string of the molecule is CCC(CSC)Nc1nc(C)c(S(N)(=O)=O)s1. The topological polar surface area (TPSA) is 85.1 Å². The van der Waals surface area contributed by atoms with Gasteiger partial charge in [-0.15, -0.1) is 0 Å². The number of rotatable bonds is 6. The van der Waals surface area contributed by atoms with Gasteiger partial charge in [0.05, 0.1) is 5.69 Å². The van der Waals surface area contributed by atoms with Crippen molar-refractivity contribution in [3.05, 3.63) is 5.69 Å². The molecule has 1 rings (SSSR count). The van der Waals surface area contributed by atoms with Gasteiger partial charge >= 0.3 is 0 Å². The zero-order valence-corrected chi connectivity index (χ0v) is 12.5. The van der Waals surface area contributed by atoms with Crippen LogP contribution < -0.4 is 10.5 Å². The Morgan fingerprint density at radius 1 is 1.59 bits per heavy atom. The molecule has 0 spiro atoms. The molecule has 98 valence electrons. The fraction of sp³-hybridized carbons (Fsp3) is 0.667. The molecule has 1 aromatic heterocycles. The monoisotopic (exact) mass is 295 g/mol. The average molecular weight is 295 g/mol. The highest BCUT2D eigenvalue weighted by molar-refractivity contribution is 7.98. The standard InChI is InChI=1S/C9H17N3O2S3/c1-4-7(5-15-3)12-9-11-6(2)8(16-9)17(10,13)14/h7H,4-5H2,1-3H3,(H,11,12)(H2,10,13,14). The number of sulfonamides is 1. The summed E-state index contributed by atoms with van der Waals surface area (Å²) >= 11 is 2.83. The smallest absolute Gasteiger partial charge is 0.249 e. The van der Waals surface area contributed by atoms with E-state index < -0.39 is 10.0 Å². The molecule has 0 radical (unpaired) electrons. The van der Waals surface area contributed by atoms with Crippen LogP contribution in [0, 0.1) is 6.92 Å². The summed E-state index contributed by atoms with van der Waals surface area (Å²) in [6, 6.07) is 0.295. The van der Waals surface area contributed by atoms with E-state index in [9.17, 15) is 8.42 Å². The van der Waals surface area contributed by atoms with Crippen molar-refractivity contribution in [2.75, 3.05) is 17.3 Å². The van der Waals surface area contributed by atoms with E-state index in [4.69, 9.17) is 5.14 Å². The largest absolute Gasteiger partial charge is 0.358 e. The van der Waals surface area contributed by atoms with Crippen LogP contribution in [0.5, 0.6) is 0 Å². The van der Waals surface area contributed by atoms with E-state index in [-0.39, 0.29) is 4.21 Å². The van der Waals surface area contributed by atoms with Crippen molar-refractivity contribution < 1.29 is 8.42 Å². The summed E-state index contributed by atoms with van der Waals surface area (Å²) < 4.78 is 22.7. The molecule has 0 amide bonds. The Kier molecular flexibility index (Phi) is 5.23. The Labute approximate surface area is 110 Å². The molecule has 0 saturated carbocycles. The van der Waals surface area contributed by atoms with Crippen LogP contribution in [0.1, 0.15) is 19.0 Å². The van der Waals surface area contributed by atoms with Crippen molar-refractivity contribution in [2.24, 2.45) is 5.14 Å². The number of aryl methyl sites for hydroxylation is 1. The lowest BCUT2D eigenvalue weighted by Crippen LogP contribution is -2.20. The molecule has 0 fully saturated rings. The van der Waals surface area contributed by atoms with Crippen molar-refractivity contribution in [3.8, 4) is 0 Å². The number of hydrogen-bond acceptors (Lipinski definition) is 6. The molecule has 0 aliphatic rings. The first-order valence-corrected chi connectivity index (χ1v) is 8.89. The van der Waals surface area contributed by atoms with Gasteiger partial charge in [0.15, 0.2) is 9.34 Å². The van der Waals surface area contributed by atoms with Crippen LogP contribution >= 0.6 is 23.1 Å². The maximum Gasteiger partial charge on any atom is 0.249 e. The normalized spacial score (nSPS) is 13.6. The highest BCUT2D eigenvalue weighted by atomic mass is 32.2. The van der Waals surface area contributed by atoms with E-state index in [1.807, 2.05) is 6.26 Å². The van der Waals surface area contributed by atoms with E-state index in [2.05, 4.69) is 17.2 Å².